The van der Waals surface area contributed by atoms with Gasteiger partial charge in [-0.1, -0.05) is 24.9 Å². The van der Waals surface area contributed by atoms with E-state index in [1.165, 1.54) is 19.1 Å². The van der Waals surface area contributed by atoms with Gasteiger partial charge in [-0.05, 0) is 18.1 Å². The molecular weight excluding hydrogens is 268 g/mol. The van der Waals surface area contributed by atoms with Gasteiger partial charge in [-0.15, -0.1) is 0 Å². The number of esters is 1. The second-order valence-corrected chi connectivity index (χ2v) is 4.62. The predicted octanol–water partition coefficient (Wildman–Crippen LogP) is 3.32. The lowest BCUT2D eigenvalue weighted by Gasteiger charge is -2.08. The fourth-order valence-electron chi connectivity index (χ4n) is 1.94. The van der Waals surface area contributed by atoms with E-state index in [1.807, 2.05) is 6.92 Å². The lowest BCUT2D eigenvalue weighted by molar-refractivity contribution is -0.131. The van der Waals surface area contributed by atoms with Crippen LogP contribution in [0.3, 0.4) is 0 Å². The summed E-state index contributed by atoms with van der Waals surface area (Å²) < 4.78 is 10.1. The van der Waals surface area contributed by atoms with Gasteiger partial charge in [0.25, 0.3) is 0 Å². The minimum absolute atomic E-state index is 0.193. The molecule has 2 rings (SSSR count). The third-order valence-corrected chi connectivity index (χ3v) is 2.95. The van der Waals surface area contributed by atoms with Crippen molar-refractivity contribution < 1.29 is 13.9 Å². The summed E-state index contributed by atoms with van der Waals surface area (Å²) in [6.07, 6.45) is 1.66. The van der Waals surface area contributed by atoms with E-state index >= 15 is 0 Å². The second kappa shape index (κ2) is 5.45. The molecule has 0 amide bonds. The molecule has 0 saturated heterocycles. The van der Waals surface area contributed by atoms with Crippen LogP contribution >= 0.6 is 11.6 Å². The van der Waals surface area contributed by atoms with Crippen LogP contribution in [0.4, 0.5) is 0 Å². The van der Waals surface area contributed by atoms with E-state index < -0.39 is 11.6 Å². The highest BCUT2D eigenvalue weighted by atomic mass is 35.5. The Morgan fingerprint density at radius 3 is 2.74 bits per heavy atom. The van der Waals surface area contributed by atoms with Gasteiger partial charge in [0.05, 0.1) is 5.02 Å². The van der Waals surface area contributed by atoms with Crippen molar-refractivity contribution in [1.82, 2.24) is 0 Å². The molecule has 2 aromatic rings. The highest BCUT2D eigenvalue weighted by Crippen LogP contribution is 2.31. The molecule has 0 aliphatic carbocycles. The van der Waals surface area contributed by atoms with Crippen molar-refractivity contribution in [2.75, 3.05) is 0 Å². The maximum atomic E-state index is 11.5. The van der Waals surface area contributed by atoms with E-state index in [2.05, 4.69) is 0 Å². The number of carbonyl (C=O) groups is 1. The molecule has 0 aliphatic heterocycles. The van der Waals surface area contributed by atoms with Crippen molar-refractivity contribution in [3.63, 3.8) is 0 Å². The van der Waals surface area contributed by atoms with E-state index in [0.717, 1.165) is 23.8 Å². The second-order valence-electron chi connectivity index (χ2n) is 4.21. The fourth-order valence-corrected chi connectivity index (χ4v) is 2.14. The summed E-state index contributed by atoms with van der Waals surface area (Å²) in [7, 11) is 0. The first-order valence-electron chi connectivity index (χ1n) is 5.96. The van der Waals surface area contributed by atoms with Gasteiger partial charge in [-0.25, -0.2) is 4.79 Å². The Bertz CT molecular complexity index is 688. The molecule has 0 unspecified atom stereocenters. The smallest absolute Gasteiger partial charge is 0.336 e. The highest BCUT2D eigenvalue weighted by Gasteiger charge is 2.11. The van der Waals surface area contributed by atoms with E-state index in [0.29, 0.717) is 10.6 Å². The quantitative estimate of drug-likeness (QED) is 0.492. The van der Waals surface area contributed by atoms with Crippen LogP contribution in [0, 0.1) is 0 Å². The van der Waals surface area contributed by atoms with Crippen molar-refractivity contribution in [1.29, 1.82) is 0 Å². The van der Waals surface area contributed by atoms with Crippen LogP contribution in [0.2, 0.25) is 5.02 Å². The highest BCUT2D eigenvalue weighted by molar-refractivity contribution is 6.33. The molecule has 0 fully saturated rings. The van der Waals surface area contributed by atoms with Gasteiger partial charge in [-0.2, -0.15) is 0 Å². The Hall–Kier alpha value is -1.81. The summed E-state index contributed by atoms with van der Waals surface area (Å²) in [4.78, 5) is 22.5. The zero-order valence-electron chi connectivity index (χ0n) is 10.7. The number of rotatable bonds is 3. The zero-order chi connectivity index (χ0) is 14.0. The molecule has 0 aliphatic rings. The molecule has 0 radical (unpaired) electrons. The summed E-state index contributed by atoms with van der Waals surface area (Å²) in [5, 5.41) is 1.08. The predicted molar refractivity (Wildman–Crippen MR) is 72.8 cm³/mol. The number of ether oxygens (including phenoxy) is 1. The molecular formula is C14H13ClO4. The van der Waals surface area contributed by atoms with Gasteiger partial charge in [0.2, 0.25) is 0 Å². The molecule has 0 spiro atoms. The number of aryl methyl sites for hydroxylation is 1. The van der Waals surface area contributed by atoms with Crippen LogP contribution in [-0.2, 0) is 11.2 Å². The molecule has 0 bridgehead atoms. The van der Waals surface area contributed by atoms with Gasteiger partial charge < -0.3 is 9.15 Å². The largest absolute Gasteiger partial charge is 0.425 e. The van der Waals surface area contributed by atoms with Gasteiger partial charge in [-0.3, -0.25) is 4.79 Å². The van der Waals surface area contributed by atoms with Crippen molar-refractivity contribution in [3.8, 4) is 5.75 Å². The van der Waals surface area contributed by atoms with Gasteiger partial charge >= 0.3 is 11.6 Å². The Kier molecular flexibility index (Phi) is 3.90. The van der Waals surface area contributed by atoms with Gasteiger partial charge in [0.15, 0.2) is 5.75 Å². The number of carbonyl (C=O) groups excluding carboxylic acids is 1. The third kappa shape index (κ3) is 2.96. The normalized spacial score (nSPS) is 10.7. The average molecular weight is 281 g/mol. The monoisotopic (exact) mass is 280 g/mol. The maximum Gasteiger partial charge on any atom is 0.336 e. The molecule has 0 saturated carbocycles. The van der Waals surface area contributed by atoms with E-state index in [-0.39, 0.29) is 5.75 Å². The van der Waals surface area contributed by atoms with E-state index in [1.54, 1.807) is 6.07 Å². The van der Waals surface area contributed by atoms with Crippen LogP contribution in [-0.4, -0.2) is 5.97 Å². The fraction of sp³-hybridized carbons (Fsp3) is 0.286. The molecule has 100 valence electrons. The summed E-state index contributed by atoms with van der Waals surface area (Å²) in [5.74, 6) is -0.285. The minimum Gasteiger partial charge on any atom is -0.425 e. The average Bonchev–Trinajstić information content (AvgIpc) is 2.31. The van der Waals surface area contributed by atoms with Gasteiger partial charge in [0.1, 0.15) is 5.58 Å². The van der Waals surface area contributed by atoms with Crippen LogP contribution in [0.1, 0.15) is 25.8 Å². The molecule has 0 atom stereocenters. The summed E-state index contributed by atoms with van der Waals surface area (Å²) in [6, 6.07) is 4.59. The number of hydrogen-bond acceptors (Lipinski definition) is 4. The van der Waals surface area contributed by atoms with Gasteiger partial charge in [0, 0.05) is 24.4 Å². The van der Waals surface area contributed by atoms with Crippen molar-refractivity contribution >= 4 is 28.5 Å². The minimum atomic E-state index is -0.478. The number of halogens is 1. The standard InChI is InChI=1S/C14H13ClO4/c1-3-4-9-5-14(17)19-12-7-13(18-8(2)16)11(15)6-10(9)12/h5-7H,3-4H2,1-2H3. The SMILES string of the molecule is CCCc1cc(=O)oc2cc(OC(C)=O)c(Cl)cc12. The Morgan fingerprint density at radius 1 is 1.37 bits per heavy atom. The number of benzene rings is 1. The molecule has 1 aromatic carbocycles. The van der Waals surface area contributed by atoms with E-state index in [4.69, 9.17) is 20.8 Å². The summed E-state index contributed by atoms with van der Waals surface area (Å²) in [6.45, 7) is 3.31. The Labute approximate surface area is 114 Å². The number of hydrogen-bond donors (Lipinski definition) is 0. The first kappa shape index (κ1) is 13.6. The van der Waals surface area contributed by atoms with Crippen molar-refractivity contribution in [2.45, 2.75) is 26.7 Å². The zero-order valence-corrected chi connectivity index (χ0v) is 11.4. The third-order valence-electron chi connectivity index (χ3n) is 2.66. The summed E-state index contributed by atoms with van der Waals surface area (Å²) in [5.41, 5.74) is 0.827. The first-order chi connectivity index (χ1) is 9.01. The van der Waals surface area contributed by atoms with Crippen LogP contribution in [0.25, 0.3) is 11.0 Å². The maximum absolute atomic E-state index is 11.5. The molecule has 5 heteroatoms. The molecule has 0 N–H and O–H groups in total. The Balaban J connectivity index is 2.66. The molecule has 19 heavy (non-hydrogen) atoms. The lowest BCUT2D eigenvalue weighted by Crippen LogP contribution is -2.04. The summed E-state index contributed by atoms with van der Waals surface area (Å²) >= 11 is 6.06. The Morgan fingerprint density at radius 2 is 2.11 bits per heavy atom. The van der Waals surface area contributed by atoms with Crippen molar-refractivity contribution in [2.24, 2.45) is 0 Å². The number of fused-ring (bicyclic) bond motifs is 1. The molecule has 4 nitrogen and oxygen atoms in total. The van der Waals surface area contributed by atoms with Crippen LogP contribution in [0.15, 0.2) is 27.4 Å². The topological polar surface area (TPSA) is 56.5 Å². The first-order valence-corrected chi connectivity index (χ1v) is 6.33. The molecule has 1 aromatic heterocycles. The lowest BCUT2D eigenvalue weighted by atomic mass is 10.1. The molecule has 1 heterocycles. The van der Waals surface area contributed by atoms with Crippen molar-refractivity contribution in [3.05, 3.63) is 39.2 Å². The van der Waals surface area contributed by atoms with Crippen LogP contribution < -0.4 is 10.4 Å². The van der Waals surface area contributed by atoms with Crippen LogP contribution in [0.5, 0.6) is 5.75 Å². The van der Waals surface area contributed by atoms with E-state index in [9.17, 15) is 9.59 Å².